The molecule has 0 unspecified atom stereocenters. The fourth-order valence-corrected chi connectivity index (χ4v) is 8.58. The van der Waals surface area contributed by atoms with Gasteiger partial charge in [-0.25, -0.2) is 4.98 Å². The first-order valence-corrected chi connectivity index (χ1v) is 19.4. The van der Waals surface area contributed by atoms with Crippen LogP contribution in [0.5, 0.6) is 0 Å². The predicted octanol–water partition coefficient (Wildman–Crippen LogP) is 15.3. The third kappa shape index (κ3) is 5.14. The summed E-state index contributed by atoms with van der Waals surface area (Å²) in [7, 11) is 0. The van der Waals surface area contributed by atoms with Crippen LogP contribution < -0.4 is 4.90 Å². The normalized spacial score (nSPS) is 11.8. The van der Waals surface area contributed by atoms with Crippen LogP contribution in [0.25, 0.3) is 99.5 Å². The lowest BCUT2D eigenvalue weighted by atomic mass is 9.98. The molecule has 0 N–H and O–H groups in total. The Kier molecular flexibility index (Phi) is 7.16. The molecule has 12 rings (SSSR count). The molecule has 0 spiro atoms. The minimum Gasteiger partial charge on any atom is -0.456 e. The average Bonchev–Trinajstić information content (AvgIpc) is 4.00. The van der Waals surface area contributed by atoms with Crippen LogP contribution in [0, 0.1) is 0 Å². The van der Waals surface area contributed by atoms with E-state index in [4.69, 9.17) is 18.2 Å². The van der Waals surface area contributed by atoms with Gasteiger partial charge in [-0.2, -0.15) is 0 Å². The second kappa shape index (κ2) is 12.8. The highest BCUT2D eigenvalue weighted by atomic mass is 16.4. The van der Waals surface area contributed by atoms with Crippen LogP contribution >= 0.6 is 0 Å². The van der Waals surface area contributed by atoms with E-state index in [1.165, 1.54) is 16.3 Å². The van der Waals surface area contributed by atoms with Crippen molar-refractivity contribution in [1.82, 2.24) is 4.98 Å². The molecule has 3 aromatic heterocycles. The molecule has 9 aromatic carbocycles. The zero-order chi connectivity index (χ0) is 38.2. The summed E-state index contributed by atoms with van der Waals surface area (Å²) in [5.74, 6) is 0.567. The van der Waals surface area contributed by atoms with E-state index >= 15 is 0 Å². The van der Waals surface area contributed by atoms with Gasteiger partial charge in [0.15, 0.2) is 5.58 Å². The second-order valence-electron chi connectivity index (χ2n) is 14.7. The van der Waals surface area contributed by atoms with Crippen molar-refractivity contribution < 1.29 is 13.3 Å². The summed E-state index contributed by atoms with van der Waals surface area (Å²) in [6.45, 7) is 0. The summed E-state index contributed by atoms with van der Waals surface area (Å²) in [4.78, 5) is 7.41. The Hall–Kier alpha value is -7.89. The van der Waals surface area contributed by atoms with Crippen molar-refractivity contribution in [3.63, 3.8) is 0 Å². The molecule has 0 aliphatic rings. The Balaban J connectivity index is 1.05. The Morgan fingerprint density at radius 3 is 1.86 bits per heavy atom. The molecule has 58 heavy (non-hydrogen) atoms. The van der Waals surface area contributed by atoms with Crippen molar-refractivity contribution >= 4 is 82.8 Å². The number of para-hydroxylation sites is 2. The van der Waals surface area contributed by atoms with E-state index in [1.54, 1.807) is 0 Å². The molecule has 0 radical (unpaired) electrons. The summed E-state index contributed by atoms with van der Waals surface area (Å²) in [6.07, 6.45) is 0. The number of fused-ring (bicyclic) bond motifs is 9. The number of hydrogen-bond acceptors (Lipinski definition) is 5. The van der Waals surface area contributed by atoms with Gasteiger partial charge >= 0.3 is 0 Å². The number of furan rings is 2. The van der Waals surface area contributed by atoms with Gasteiger partial charge in [-0.05, 0) is 94.2 Å². The zero-order valence-electron chi connectivity index (χ0n) is 31.1. The van der Waals surface area contributed by atoms with Gasteiger partial charge in [0.25, 0.3) is 0 Å². The smallest absolute Gasteiger partial charge is 0.227 e. The highest BCUT2D eigenvalue weighted by Gasteiger charge is 2.23. The maximum Gasteiger partial charge on any atom is 0.227 e. The number of anilines is 3. The standard InChI is InChI=1S/C53H32N2O3/c1-2-13-35(14-3-1)53-54-51-50-44-20-7-9-23-47(44)57-49(50)32-45(52(51)58-53)36-16-10-17-38(30-36)55(39-28-29-43-42-19-6-8-22-46(42)56-48(43)31-39)37-26-24-34(25-27-37)41-21-11-15-33-12-4-5-18-40(33)41/h1-32H. The van der Waals surface area contributed by atoms with Crippen LogP contribution in [-0.2, 0) is 0 Å². The summed E-state index contributed by atoms with van der Waals surface area (Å²) in [6, 6.07) is 67.4. The van der Waals surface area contributed by atoms with Gasteiger partial charge < -0.3 is 18.2 Å². The van der Waals surface area contributed by atoms with E-state index in [0.717, 1.165) is 88.7 Å². The lowest BCUT2D eigenvalue weighted by Gasteiger charge is -2.26. The first-order chi connectivity index (χ1) is 28.7. The van der Waals surface area contributed by atoms with Gasteiger partial charge in [-0.3, -0.25) is 0 Å². The van der Waals surface area contributed by atoms with Crippen molar-refractivity contribution in [2.24, 2.45) is 0 Å². The third-order valence-corrected chi connectivity index (χ3v) is 11.3. The Morgan fingerprint density at radius 1 is 0.362 bits per heavy atom. The molecule has 5 heteroatoms. The molecule has 0 aliphatic carbocycles. The molecule has 0 saturated carbocycles. The van der Waals surface area contributed by atoms with Gasteiger partial charge in [0.2, 0.25) is 5.89 Å². The highest BCUT2D eigenvalue weighted by Crippen LogP contribution is 2.44. The molecule has 12 aromatic rings. The van der Waals surface area contributed by atoms with Crippen LogP contribution in [0.15, 0.2) is 207 Å². The number of oxazole rings is 1. The monoisotopic (exact) mass is 744 g/mol. The van der Waals surface area contributed by atoms with Gasteiger partial charge in [0.05, 0.1) is 5.39 Å². The molecule has 0 atom stereocenters. The van der Waals surface area contributed by atoms with Crippen LogP contribution in [0.1, 0.15) is 0 Å². The van der Waals surface area contributed by atoms with Crippen LogP contribution in [-0.4, -0.2) is 4.98 Å². The SMILES string of the molecule is c1ccc(-c2nc3c(o2)c(-c2cccc(N(c4ccc(-c5cccc6ccccc56)cc4)c4ccc5c(c4)oc4ccccc45)c2)cc2oc4ccccc4c23)cc1. The van der Waals surface area contributed by atoms with E-state index < -0.39 is 0 Å². The van der Waals surface area contributed by atoms with Gasteiger partial charge in [0.1, 0.15) is 27.8 Å². The Morgan fingerprint density at radius 2 is 1.00 bits per heavy atom. The minimum absolute atomic E-state index is 0.567. The van der Waals surface area contributed by atoms with E-state index in [9.17, 15) is 0 Å². The molecular formula is C53H32N2O3. The maximum absolute atomic E-state index is 6.72. The van der Waals surface area contributed by atoms with Crippen molar-refractivity contribution in [1.29, 1.82) is 0 Å². The van der Waals surface area contributed by atoms with Crippen LogP contribution in [0.2, 0.25) is 0 Å². The summed E-state index contributed by atoms with van der Waals surface area (Å²) >= 11 is 0. The molecule has 272 valence electrons. The van der Waals surface area contributed by atoms with Crippen molar-refractivity contribution in [3.05, 3.63) is 194 Å². The molecule has 0 aliphatic heterocycles. The Labute approximate surface area is 332 Å². The molecule has 0 amide bonds. The van der Waals surface area contributed by atoms with E-state index in [1.807, 2.05) is 60.7 Å². The number of benzene rings is 9. The summed E-state index contributed by atoms with van der Waals surface area (Å²) in [5.41, 5.74) is 12.9. The van der Waals surface area contributed by atoms with E-state index in [-0.39, 0.29) is 0 Å². The molecule has 0 bridgehead atoms. The molecular weight excluding hydrogens is 713 g/mol. The fraction of sp³-hybridized carbons (Fsp3) is 0. The van der Waals surface area contributed by atoms with Gasteiger partial charge in [-0.1, -0.05) is 121 Å². The van der Waals surface area contributed by atoms with E-state index in [2.05, 4.69) is 138 Å². The first kappa shape index (κ1) is 32.4. The predicted molar refractivity (Wildman–Crippen MR) is 237 cm³/mol. The van der Waals surface area contributed by atoms with Crippen molar-refractivity contribution in [3.8, 4) is 33.7 Å². The quantitative estimate of drug-likeness (QED) is 0.170. The number of hydrogen-bond donors (Lipinski definition) is 0. The Bertz CT molecular complexity index is 3520. The largest absolute Gasteiger partial charge is 0.456 e. The molecule has 5 nitrogen and oxygen atoms in total. The zero-order valence-corrected chi connectivity index (χ0v) is 31.1. The fourth-order valence-electron chi connectivity index (χ4n) is 8.58. The number of aromatic nitrogens is 1. The maximum atomic E-state index is 6.72. The van der Waals surface area contributed by atoms with E-state index in [0.29, 0.717) is 11.5 Å². The summed E-state index contributed by atoms with van der Waals surface area (Å²) < 4.78 is 19.6. The number of nitrogens with zero attached hydrogens (tertiary/aromatic N) is 2. The summed E-state index contributed by atoms with van der Waals surface area (Å²) in [5, 5.41) is 6.59. The molecule has 3 heterocycles. The van der Waals surface area contributed by atoms with Crippen LogP contribution in [0.4, 0.5) is 17.1 Å². The second-order valence-corrected chi connectivity index (χ2v) is 14.7. The van der Waals surface area contributed by atoms with Gasteiger partial charge in [0, 0.05) is 50.4 Å². The lowest BCUT2D eigenvalue weighted by molar-refractivity contribution is 0.620. The topological polar surface area (TPSA) is 55.6 Å². The van der Waals surface area contributed by atoms with Crippen molar-refractivity contribution in [2.45, 2.75) is 0 Å². The first-order valence-electron chi connectivity index (χ1n) is 19.4. The highest BCUT2D eigenvalue weighted by molar-refractivity contribution is 6.20. The third-order valence-electron chi connectivity index (χ3n) is 11.3. The minimum atomic E-state index is 0.567. The molecule has 0 saturated heterocycles. The van der Waals surface area contributed by atoms with Crippen LogP contribution in [0.3, 0.4) is 0 Å². The van der Waals surface area contributed by atoms with Gasteiger partial charge in [-0.15, -0.1) is 0 Å². The average molecular weight is 745 g/mol. The lowest BCUT2D eigenvalue weighted by Crippen LogP contribution is -2.10. The van der Waals surface area contributed by atoms with Crippen molar-refractivity contribution in [2.75, 3.05) is 4.90 Å². The molecule has 0 fully saturated rings. The number of rotatable bonds is 6.